The van der Waals surface area contributed by atoms with Crippen molar-refractivity contribution in [1.82, 2.24) is 0 Å². The van der Waals surface area contributed by atoms with Crippen molar-refractivity contribution in [3.63, 3.8) is 0 Å². The van der Waals surface area contributed by atoms with Gasteiger partial charge in [-0.05, 0) is 170 Å². The Labute approximate surface area is 466 Å². The number of anilines is 7. The first-order chi connectivity index (χ1) is 37.1. The van der Waals surface area contributed by atoms with Gasteiger partial charge in [0.15, 0.2) is 0 Å². The quantitative estimate of drug-likeness (QED) is 0.163. The zero-order chi connectivity index (χ0) is 54.3. The maximum atomic E-state index is 2.95. The van der Waals surface area contributed by atoms with Crippen LogP contribution in [0.1, 0.15) is 161 Å². The van der Waals surface area contributed by atoms with E-state index in [0.717, 1.165) is 25.7 Å². The molecule has 1 fully saturated rings. The Morgan fingerprint density at radius 1 is 0.423 bits per heavy atom. The molecule has 14 rings (SSSR count). The van der Waals surface area contributed by atoms with E-state index in [1.165, 1.54) is 130 Å². The number of nitrogens with zero attached hydrogens (tertiary/aromatic N) is 3. The molecule has 0 amide bonds. The second kappa shape index (κ2) is 16.4. The molecule has 0 aromatic heterocycles. The highest BCUT2D eigenvalue weighted by Crippen LogP contribution is 2.67. The molecule has 4 aliphatic heterocycles. The first-order valence-electron chi connectivity index (χ1n) is 29.5. The van der Waals surface area contributed by atoms with Crippen LogP contribution in [0.25, 0.3) is 22.3 Å². The molecule has 0 N–H and O–H groups in total. The lowest BCUT2D eigenvalue weighted by Gasteiger charge is -2.54. The standard InChI is InChI=1S/C74H78BN3/c1-68(2,3)51-31-34-61(55(42-51)48-26-18-15-19-27-48)76-63-44-53(70(7,8)9)30-33-59(63)75-60-41-50(47-24-16-14-17-25-47)40-58-67(60)78(73(12)38-23-22-37-71(58,73)10)65-46-54(45-64(76)66(65)75)77-62-35-32-52(69(4,5)6)43-57(62)72(11)39-36-49-28-20-21-29-56(49)74(72,77)13/h14-21,24-35,40-46H,22-23,36-39H2,1-13H3. The van der Waals surface area contributed by atoms with E-state index >= 15 is 0 Å². The predicted octanol–water partition coefficient (Wildman–Crippen LogP) is 17.5. The maximum Gasteiger partial charge on any atom is 0.252 e. The summed E-state index contributed by atoms with van der Waals surface area (Å²) in [6.07, 6.45) is 6.90. The van der Waals surface area contributed by atoms with Crippen molar-refractivity contribution < 1.29 is 0 Å². The fourth-order valence-corrected chi connectivity index (χ4v) is 16.2. The van der Waals surface area contributed by atoms with Gasteiger partial charge in [0.25, 0.3) is 6.71 Å². The molecule has 392 valence electrons. The Morgan fingerprint density at radius 3 is 1.73 bits per heavy atom. The lowest BCUT2D eigenvalue weighted by molar-refractivity contribution is 0.195. The fraction of sp³-hybridized carbons (Fsp3) is 0.351. The van der Waals surface area contributed by atoms with Crippen LogP contribution in [-0.4, -0.2) is 12.3 Å². The third kappa shape index (κ3) is 6.64. The summed E-state index contributed by atoms with van der Waals surface area (Å²) < 4.78 is 0. The third-order valence-corrected chi connectivity index (χ3v) is 21.1. The molecule has 1 saturated carbocycles. The molecule has 0 saturated heterocycles. The molecule has 3 nitrogen and oxygen atoms in total. The average molecular weight is 1020 g/mol. The Bertz CT molecular complexity index is 3800. The largest absolute Gasteiger partial charge is 0.335 e. The van der Waals surface area contributed by atoms with Crippen LogP contribution in [0.5, 0.6) is 0 Å². The van der Waals surface area contributed by atoms with Crippen LogP contribution in [0.2, 0.25) is 0 Å². The monoisotopic (exact) mass is 1020 g/mol. The molecule has 78 heavy (non-hydrogen) atoms. The fourth-order valence-electron chi connectivity index (χ4n) is 16.2. The Morgan fingerprint density at radius 2 is 1.03 bits per heavy atom. The van der Waals surface area contributed by atoms with Crippen LogP contribution >= 0.6 is 0 Å². The molecule has 8 aromatic carbocycles. The van der Waals surface area contributed by atoms with E-state index in [2.05, 4.69) is 269 Å². The summed E-state index contributed by atoms with van der Waals surface area (Å²) in [5, 5.41) is 0. The third-order valence-electron chi connectivity index (χ3n) is 21.1. The molecule has 4 heterocycles. The van der Waals surface area contributed by atoms with E-state index in [1.54, 1.807) is 0 Å². The molecule has 0 spiro atoms. The first kappa shape index (κ1) is 49.5. The highest BCUT2D eigenvalue weighted by molar-refractivity contribution is 7.00. The zero-order valence-corrected chi connectivity index (χ0v) is 48.8. The molecular weight excluding hydrogens is 942 g/mol. The number of rotatable bonds is 4. The SMILES string of the molecule is CC(C)(C)c1ccc(N2c3cc(C(C)(C)C)ccc3B3c4cc(-c5ccccc5)cc5c4N(c4cc(N6c7ccc(C(C)(C)C)cc7C7(C)CCc8ccccc8C67C)cc2c43)C2(C)CCCCC52C)c(-c2ccccc2)c1. The van der Waals surface area contributed by atoms with E-state index in [-0.39, 0.29) is 39.3 Å². The van der Waals surface area contributed by atoms with Crippen molar-refractivity contribution in [3.05, 3.63) is 203 Å². The van der Waals surface area contributed by atoms with Crippen molar-refractivity contribution in [1.29, 1.82) is 0 Å². The van der Waals surface area contributed by atoms with Crippen LogP contribution in [-0.2, 0) is 39.0 Å². The molecule has 2 aliphatic carbocycles. The zero-order valence-electron chi connectivity index (χ0n) is 48.8. The van der Waals surface area contributed by atoms with Crippen LogP contribution in [0.15, 0.2) is 164 Å². The van der Waals surface area contributed by atoms with Gasteiger partial charge in [0.05, 0.1) is 16.8 Å². The van der Waals surface area contributed by atoms with Gasteiger partial charge in [0, 0.05) is 50.5 Å². The molecular formula is C74H78BN3. The molecule has 4 heteroatoms. The predicted molar refractivity (Wildman–Crippen MR) is 334 cm³/mol. The molecule has 0 bridgehead atoms. The van der Waals surface area contributed by atoms with E-state index in [0.29, 0.717) is 0 Å². The van der Waals surface area contributed by atoms with E-state index < -0.39 is 5.54 Å². The summed E-state index contributed by atoms with van der Waals surface area (Å²) in [4.78, 5) is 8.56. The van der Waals surface area contributed by atoms with Crippen LogP contribution < -0.4 is 31.1 Å². The smallest absolute Gasteiger partial charge is 0.252 e. The normalized spacial score (nSPS) is 23.5. The highest BCUT2D eigenvalue weighted by Gasteiger charge is 2.63. The summed E-state index contributed by atoms with van der Waals surface area (Å²) in [5.41, 5.74) is 27.7. The number of fused-ring (bicyclic) bond motifs is 12. The van der Waals surface area contributed by atoms with Crippen LogP contribution in [0, 0.1) is 0 Å². The van der Waals surface area contributed by atoms with Gasteiger partial charge in [-0.3, -0.25) is 0 Å². The maximum absolute atomic E-state index is 2.95. The van der Waals surface area contributed by atoms with Crippen molar-refractivity contribution in [2.24, 2.45) is 0 Å². The molecule has 4 unspecified atom stereocenters. The Balaban J connectivity index is 1.15. The van der Waals surface area contributed by atoms with Gasteiger partial charge in [-0.25, -0.2) is 0 Å². The first-order valence-corrected chi connectivity index (χ1v) is 29.5. The molecule has 0 radical (unpaired) electrons. The van der Waals surface area contributed by atoms with E-state index in [4.69, 9.17) is 0 Å². The number of hydrogen-bond acceptors (Lipinski definition) is 3. The average Bonchev–Trinajstić information content (AvgIpc) is 3.93. The Kier molecular flexibility index (Phi) is 10.4. The van der Waals surface area contributed by atoms with Crippen molar-refractivity contribution in [2.45, 2.75) is 167 Å². The lowest BCUT2D eigenvalue weighted by Crippen LogP contribution is -2.64. The topological polar surface area (TPSA) is 9.72 Å². The highest BCUT2D eigenvalue weighted by atomic mass is 15.3. The van der Waals surface area contributed by atoms with E-state index in [1.807, 2.05) is 0 Å². The summed E-state index contributed by atoms with van der Waals surface area (Å²) in [6.45, 7) is 31.8. The summed E-state index contributed by atoms with van der Waals surface area (Å²) in [6, 6.07) is 65.1. The molecule has 6 aliphatic rings. The minimum absolute atomic E-state index is 0.00387. The number of hydrogen-bond donors (Lipinski definition) is 0. The minimum atomic E-state index is -0.391. The summed E-state index contributed by atoms with van der Waals surface area (Å²) in [5.74, 6) is 0. The van der Waals surface area contributed by atoms with Crippen molar-refractivity contribution in [3.8, 4) is 22.3 Å². The molecule has 4 atom stereocenters. The summed E-state index contributed by atoms with van der Waals surface area (Å²) >= 11 is 0. The second-order valence-corrected chi connectivity index (χ2v) is 28.4. The van der Waals surface area contributed by atoms with Crippen molar-refractivity contribution >= 4 is 62.9 Å². The molecule has 8 aromatic rings. The van der Waals surface area contributed by atoms with Crippen LogP contribution in [0.3, 0.4) is 0 Å². The van der Waals surface area contributed by atoms with Crippen molar-refractivity contribution in [2.75, 3.05) is 14.7 Å². The van der Waals surface area contributed by atoms with Gasteiger partial charge in [-0.2, -0.15) is 0 Å². The Hall–Kier alpha value is -6.78. The van der Waals surface area contributed by atoms with E-state index in [9.17, 15) is 0 Å². The van der Waals surface area contributed by atoms with Gasteiger partial charge >= 0.3 is 0 Å². The van der Waals surface area contributed by atoms with Gasteiger partial charge in [-0.1, -0.05) is 210 Å². The number of aryl methyl sites for hydroxylation is 1. The van der Waals surface area contributed by atoms with Crippen LogP contribution in [0.4, 0.5) is 39.8 Å². The second-order valence-electron chi connectivity index (χ2n) is 28.4. The summed E-state index contributed by atoms with van der Waals surface area (Å²) in [7, 11) is 0. The lowest BCUT2D eigenvalue weighted by atomic mass is 9.33. The number of benzene rings is 8. The van der Waals surface area contributed by atoms with Gasteiger partial charge in [-0.15, -0.1) is 0 Å². The van der Waals surface area contributed by atoms with Gasteiger partial charge in [0.2, 0.25) is 0 Å². The minimum Gasteiger partial charge on any atom is -0.335 e. The van der Waals surface area contributed by atoms with Gasteiger partial charge < -0.3 is 14.7 Å². The van der Waals surface area contributed by atoms with Gasteiger partial charge in [0.1, 0.15) is 0 Å².